The number of rotatable bonds is 6. The van der Waals surface area contributed by atoms with Crippen molar-refractivity contribution in [3.63, 3.8) is 0 Å². The molecule has 1 N–H and O–H groups in total. The van der Waals surface area contributed by atoms with E-state index >= 15 is 0 Å². The molecule has 0 aliphatic rings. The first-order valence-corrected chi connectivity index (χ1v) is 9.31. The molecule has 1 heterocycles. The third kappa shape index (κ3) is 4.02. The zero-order valence-electron chi connectivity index (χ0n) is 16.5. The Morgan fingerprint density at radius 2 is 1.83 bits per heavy atom. The highest BCUT2D eigenvalue weighted by Gasteiger charge is 2.28. The van der Waals surface area contributed by atoms with Crippen LogP contribution in [0, 0.1) is 5.92 Å². The van der Waals surface area contributed by atoms with Gasteiger partial charge in [0.1, 0.15) is 23.1 Å². The van der Waals surface area contributed by atoms with Crippen molar-refractivity contribution in [2.75, 3.05) is 19.5 Å². The Balaban J connectivity index is 2.01. The molecule has 0 aliphatic carbocycles. The molecule has 0 saturated heterocycles. The van der Waals surface area contributed by atoms with E-state index in [0.29, 0.717) is 33.1 Å². The van der Waals surface area contributed by atoms with Gasteiger partial charge in [0.2, 0.25) is 5.91 Å². The molecule has 0 radical (unpaired) electrons. The number of carbonyl (C=O) groups excluding carboxylic acids is 1. The summed E-state index contributed by atoms with van der Waals surface area (Å²) in [7, 11) is 2.95. The normalized spacial score (nSPS) is 12.1. The van der Waals surface area contributed by atoms with E-state index in [1.807, 2.05) is 13.8 Å². The van der Waals surface area contributed by atoms with Crippen molar-refractivity contribution < 1.29 is 14.3 Å². The van der Waals surface area contributed by atoms with Crippen LogP contribution in [0.4, 0.5) is 5.69 Å². The number of nitrogens with one attached hydrogen (secondary N) is 1. The number of fused-ring (bicyclic) bond motifs is 1. The SMILES string of the molecule is COc1cc(OC)c(NC(=O)[C@H](C(C)C)n2nnc3ccccc3c2=O)cc1Cl. The summed E-state index contributed by atoms with van der Waals surface area (Å²) in [5, 5.41) is 11.6. The third-order valence-corrected chi connectivity index (χ3v) is 4.78. The largest absolute Gasteiger partial charge is 0.495 e. The highest BCUT2D eigenvalue weighted by molar-refractivity contribution is 6.32. The lowest BCUT2D eigenvalue weighted by Crippen LogP contribution is -2.38. The van der Waals surface area contributed by atoms with Gasteiger partial charge >= 0.3 is 0 Å². The number of halogens is 1. The maximum Gasteiger partial charge on any atom is 0.278 e. The van der Waals surface area contributed by atoms with Crippen LogP contribution in [0.1, 0.15) is 19.9 Å². The van der Waals surface area contributed by atoms with Crippen molar-refractivity contribution in [2.45, 2.75) is 19.9 Å². The quantitative estimate of drug-likeness (QED) is 0.662. The van der Waals surface area contributed by atoms with E-state index < -0.39 is 11.9 Å². The van der Waals surface area contributed by atoms with E-state index in [2.05, 4.69) is 15.6 Å². The Kier molecular flexibility index (Phi) is 6.03. The first-order valence-electron chi connectivity index (χ1n) is 8.94. The van der Waals surface area contributed by atoms with Gasteiger partial charge in [-0.2, -0.15) is 4.68 Å². The fourth-order valence-corrected chi connectivity index (χ4v) is 3.29. The fraction of sp³-hybridized carbons (Fsp3) is 0.300. The number of hydrogen-bond acceptors (Lipinski definition) is 6. The number of methoxy groups -OCH3 is 2. The first-order chi connectivity index (χ1) is 13.9. The first kappa shape index (κ1) is 20.6. The summed E-state index contributed by atoms with van der Waals surface area (Å²) < 4.78 is 11.6. The van der Waals surface area contributed by atoms with Crippen LogP contribution in [0.3, 0.4) is 0 Å². The van der Waals surface area contributed by atoms with Crippen LogP contribution in [-0.2, 0) is 4.79 Å². The number of ether oxygens (including phenoxy) is 2. The summed E-state index contributed by atoms with van der Waals surface area (Å²) in [4.78, 5) is 26.0. The van der Waals surface area contributed by atoms with Gasteiger partial charge in [0.25, 0.3) is 5.56 Å². The van der Waals surface area contributed by atoms with E-state index in [1.54, 1.807) is 30.3 Å². The molecular weight excluding hydrogens is 396 g/mol. The Morgan fingerprint density at radius 1 is 1.14 bits per heavy atom. The lowest BCUT2D eigenvalue weighted by atomic mass is 10.0. The molecule has 29 heavy (non-hydrogen) atoms. The molecule has 1 amide bonds. The van der Waals surface area contributed by atoms with Crippen molar-refractivity contribution >= 4 is 34.1 Å². The summed E-state index contributed by atoms with van der Waals surface area (Å²) >= 11 is 6.18. The molecule has 1 atom stereocenters. The van der Waals surface area contributed by atoms with Gasteiger partial charge in [-0.1, -0.05) is 42.8 Å². The van der Waals surface area contributed by atoms with E-state index in [0.717, 1.165) is 4.68 Å². The zero-order valence-corrected chi connectivity index (χ0v) is 17.2. The molecule has 152 valence electrons. The van der Waals surface area contributed by atoms with Crippen LogP contribution >= 0.6 is 11.6 Å². The third-order valence-electron chi connectivity index (χ3n) is 4.49. The van der Waals surface area contributed by atoms with Gasteiger partial charge in [0.15, 0.2) is 0 Å². The predicted molar refractivity (Wildman–Crippen MR) is 111 cm³/mol. The van der Waals surface area contributed by atoms with Crippen LogP contribution < -0.4 is 20.3 Å². The average molecular weight is 417 g/mol. The van der Waals surface area contributed by atoms with Gasteiger partial charge in [0, 0.05) is 6.07 Å². The molecule has 0 bridgehead atoms. The van der Waals surface area contributed by atoms with Crippen LogP contribution in [0.5, 0.6) is 11.5 Å². The van der Waals surface area contributed by atoms with Crippen molar-refractivity contribution in [1.29, 1.82) is 0 Å². The molecule has 3 rings (SSSR count). The number of carbonyl (C=O) groups is 1. The van der Waals surface area contributed by atoms with Crippen LogP contribution in [0.25, 0.3) is 10.9 Å². The standard InChI is InChI=1S/C20H21ClN4O4/c1-11(2)18(25-20(27)12-7-5-6-8-14(12)23-24-25)19(26)22-15-9-13(21)16(28-3)10-17(15)29-4/h5-11,18H,1-4H3,(H,22,26)/t18-/m0/s1. The Morgan fingerprint density at radius 3 is 2.48 bits per heavy atom. The predicted octanol–water partition coefficient (Wildman–Crippen LogP) is 3.30. The fourth-order valence-electron chi connectivity index (χ4n) is 3.04. The molecule has 0 saturated carbocycles. The number of aromatic nitrogens is 3. The average Bonchev–Trinajstić information content (AvgIpc) is 2.70. The minimum absolute atomic E-state index is 0.233. The number of anilines is 1. The Bertz CT molecular complexity index is 1110. The Hall–Kier alpha value is -3.13. The van der Waals surface area contributed by atoms with Crippen molar-refractivity contribution in [3.8, 4) is 11.5 Å². The second kappa shape index (κ2) is 8.48. The molecule has 0 unspecified atom stereocenters. The molecule has 3 aromatic rings. The Labute approximate surface area is 172 Å². The van der Waals surface area contributed by atoms with Gasteiger partial charge in [0.05, 0.1) is 30.3 Å². The van der Waals surface area contributed by atoms with Gasteiger partial charge in [-0.05, 0) is 24.1 Å². The summed E-state index contributed by atoms with van der Waals surface area (Å²) in [5.41, 5.74) is 0.445. The smallest absolute Gasteiger partial charge is 0.278 e. The topological polar surface area (TPSA) is 95.3 Å². The molecule has 1 aromatic heterocycles. The van der Waals surface area contributed by atoms with E-state index in [4.69, 9.17) is 21.1 Å². The molecule has 0 aliphatic heterocycles. The minimum Gasteiger partial charge on any atom is -0.495 e. The number of amides is 1. The highest BCUT2D eigenvalue weighted by Crippen LogP contribution is 2.36. The molecule has 0 spiro atoms. The van der Waals surface area contributed by atoms with Gasteiger partial charge < -0.3 is 14.8 Å². The van der Waals surface area contributed by atoms with Crippen LogP contribution in [0.2, 0.25) is 5.02 Å². The molecule has 9 heteroatoms. The van der Waals surface area contributed by atoms with Gasteiger partial charge in [-0.15, -0.1) is 5.10 Å². The zero-order chi connectivity index (χ0) is 21.1. The summed E-state index contributed by atoms with van der Waals surface area (Å²) in [6.45, 7) is 3.65. The molecule has 8 nitrogen and oxygen atoms in total. The number of hydrogen-bond donors (Lipinski definition) is 1. The van der Waals surface area contributed by atoms with Gasteiger partial charge in [-0.3, -0.25) is 9.59 Å². The van der Waals surface area contributed by atoms with Crippen molar-refractivity contribution in [3.05, 3.63) is 51.8 Å². The minimum atomic E-state index is -0.884. The maximum atomic E-state index is 13.1. The highest BCUT2D eigenvalue weighted by atomic mass is 35.5. The van der Waals surface area contributed by atoms with Crippen LogP contribution in [0.15, 0.2) is 41.2 Å². The van der Waals surface area contributed by atoms with Crippen molar-refractivity contribution in [1.82, 2.24) is 15.0 Å². The molecule has 0 fully saturated rings. The second-order valence-corrected chi connectivity index (χ2v) is 7.13. The number of nitrogens with zero attached hydrogens (tertiary/aromatic N) is 3. The summed E-state index contributed by atoms with van der Waals surface area (Å²) in [5.74, 6) is 0.117. The van der Waals surface area contributed by atoms with E-state index in [-0.39, 0.29) is 11.5 Å². The van der Waals surface area contributed by atoms with Gasteiger partial charge in [-0.25, -0.2) is 0 Å². The number of benzene rings is 2. The lowest BCUT2D eigenvalue weighted by molar-refractivity contribution is -0.120. The maximum absolute atomic E-state index is 13.1. The second-order valence-electron chi connectivity index (χ2n) is 6.72. The monoisotopic (exact) mass is 416 g/mol. The summed E-state index contributed by atoms with van der Waals surface area (Å²) in [6, 6.07) is 9.09. The molecule has 2 aromatic carbocycles. The van der Waals surface area contributed by atoms with E-state index in [1.165, 1.54) is 20.3 Å². The van der Waals surface area contributed by atoms with Crippen molar-refractivity contribution in [2.24, 2.45) is 5.92 Å². The summed E-state index contributed by atoms with van der Waals surface area (Å²) in [6.07, 6.45) is 0. The molecular formula is C20H21ClN4O4. The van der Waals surface area contributed by atoms with E-state index in [9.17, 15) is 9.59 Å². The lowest BCUT2D eigenvalue weighted by Gasteiger charge is -2.22. The van der Waals surface area contributed by atoms with Crippen LogP contribution in [-0.4, -0.2) is 35.1 Å².